The number of esters is 1. The molecular weight excluding hydrogens is 240 g/mol. The Morgan fingerprint density at radius 2 is 1.58 bits per heavy atom. The normalized spacial score (nSPS) is 12.7. The molecule has 3 nitrogen and oxygen atoms in total. The third-order valence-corrected chi connectivity index (χ3v) is 3.59. The molecule has 1 aliphatic carbocycles. The SMILES string of the molecule is CC(=O)Oc1ccc2c3c(ccc(C(C)=O)c13)CC2. The minimum atomic E-state index is -0.367. The van der Waals surface area contributed by atoms with Gasteiger partial charge in [0.2, 0.25) is 0 Å². The molecule has 2 aromatic carbocycles. The number of benzene rings is 2. The van der Waals surface area contributed by atoms with Gasteiger partial charge in [0.1, 0.15) is 5.75 Å². The fourth-order valence-electron chi connectivity index (χ4n) is 2.83. The van der Waals surface area contributed by atoms with Gasteiger partial charge in [0.15, 0.2) is 5.78 Å². The third-order valence-electron chi connectivity index (χ3n) is 3.59. The molecule has 3 heteroatoms. The zero-order valence-electron chi connectivity index (χ0n) is 10.9. The Morgan fingerprint density at radius 3 is 2.16 bits per heavy atom. The highest BCUT2D eigenvalue weighted by Gasteiger charge is 2.21. The number of carbonyl (C=O) groups excluding carboxylic acids is 2. The van der Waals surface area contributed by atoms with Crippen LogP contribution in [0.1, 0.15) is 35.3 Å². The quantitative estimate of drug-likeness (QED) is 0.470. The summed E-state index contributed by atoms with van der Waals surface area (Å²) >= 11 is 0. The lowest BCUT2D eigenvalue weighted by Gasteiger charge is -2.11. The summed E-state index contributed by atoms with van der Waals surface area (Å²) in [4.78, 5) is 23.0. The predicted octanol–water partition coefficient (Wildman–Crippen LogP) is 3.07. The number of ketones is 1. The molecule has 3 rings (SSSR count). The Labute approximate surface area is 111 Å². The lowest BCUT2D eigenvalue weighted by molar-refractivity contribution is -0.131. The van der Waals surface area contributed by atoms with Crippen LogP contribution in [-0.4, -0.2) is 11.8 Å². The van der Waals surface area contributed by atoms with Crippen LogP contribution in [0.3, 0.4) is 0 Å². The Bertz CT molecular complexity index is 703. The van der Waals surface area contributed by atoms with Crippen molar-refractivity contribution in [3.63, 3.8) is 0 Å². The van der Waals surface area contributed by atoms with Crippen molar-refractivity contribution in [3.8, 4) is 5.75 Å². The number of hydrogen-bond acceptors (Lipinski definition) is 3. The average Bonchev–Trinajstić information content (AvgIpc) is 2.76. The van der Waals surface area contributed by atoms with E-state index in [-0.39, 0.29) is 11.8 Å². The molecule has 0 N–H and O–H groups in total. The van der Waals surface area contributed by atoms with Gasteiger partial charge in [-0.2, -0.15) is 0 Å². The van der Waals surface area contributed by atoms with Crippen LogP contribution in [0.25, 0.3) is 10.8 Å². The maximum Gasteiger partial charge on any atom is 0.308 e. The second kappa shape index (κ2) is 4.19. The molecule has 0 radical (unpaired) electrons. The monoisotopic (exact) mass is 254 g/mol. The van der Waals surface area contributed by atoms with E-state index in [1.807, 2.05) is 18.2 Å². The highest BCUT2D eigenvalue weighted by Crippen LogP contribution is 2.38. The molecule has 2 aromatic rings. The lowest BCUT2D eigenvalue weighted by Crippen LogP contribution is -2.04. The standard InChI is InChI=1S/C16H14O3/c1-9(17)13-7-5-11-3-4-12-6-8-14(19-10(2)18)16(13)15(11)12/h5-8H,3-4H2,1-2H3. The van der Waals surface area contributed by atoms with Crippen LogP contribution in [-0.2, 0) is 17.6 Å². The molecule has 0 atom stereocenters. The zero-order chi connectivity index (χ0) is 13.6. The van der Waals surface area contributed by atoms with E-state index in [0.29, 0.717) is 11.3 Å². The van der Waals surface area contributed by atoms with Gasteiger partial charge in [0.05, 0.1) is 0 Å². The minimum absolute atomic E-state index is 0.0102. The summed E-state index contributed by atoms with van der Waals surface area (Å²) in [6.07, 6.45) is 1.96. The van der Waals surface area contributed by atoms with Gasteiger partial charge in [0, 0.05) is 17.9 Å². The summed E-state index contributed by atoms with van der Waals surface area (Å²) in [6, 6.07) is 7.62. The first-order valence-electron chi connectivity index (χ1n) is 6.34. The third kappa shape index (κ3) is 1.82. The fourth-order valence-corrected chi connectivity index (χ4v) is 2.83. The van der Waals surface area contributed by atoms with Crippen molar-refractivity contribution in [3.05, 3.63) is 41.0 Å². The van der Waals surface area contributed by atoms with Crippen LogP contribution in [0.2, 0.25) is 0 Å². The Balaban J connectivity index is 2.39. The summed E-state index contributed by atoms with van der Waals surface area (Å²) in [6.45, 7) is 2.91. The van der Waals surface area contributed by atoms with Crippen LogP contribution < -0.4 is 4.74 Å². The summed E-state index contributed by atoms with van der Waals surface area (Å²) < 4.78 is 5.26. The van der Waals surface area contributed by atoms with Crippen molar-refractivity contribution >= 4 is 22.5 Å². The molecule has 0 bridgehead atoms. The highest BCUT2D eigenvalue weighted by atomic mass is 16.5. The average molecular weight is 254 g/mol. The molecule has 0 saturated heterocycles. The molecule has 0 amide bonds. The molecule has 0 saturated carbocycles. The van der Waals surface area contributed by atoms with Crippen molar-refractivity contribution in [2.75, 3.05) is 0 Å². The van der Waals surface area contributed by atoms with Gasteiger partial charge in [-0.1, -0.05) is 18.2 Å². The van der Waals surface area contributed by atoms with Gasteiger partial charge < -0.3 is 4.74 Å². The van der Waals surface area contributed by atoms with Crippen molar-refractivity contribution < 1.29 is 14.3 Å². The molecule has 0 spiro atoms. The first-order valence-corrected chi connectivity index (χ1v) is 6.34. The van der Waals surface area contributed by atoms with Gasteiger partial charge >= 0.3 is 5.97 Å². The Morgan fingerprint density at radius 1 is 0.947 bits per heavy atom. The summed E-state index contributed by atoms with van der Waals surface area (Å²) in [5.74, 6) is 0.109. The number of Topliss-reactive ketones (excluding diaryl/α,β-unsaturated/α-hetero) is 1. The molecule has 0 heterocycles. The number of carbonyl (C=O) groups is 2. The first-order chi connectivity index (χ1) is 9.08. The van der Waals surface area contributed by atoms with Crippen molar-refractivity contribution in [2.45, 2.75) is 26.7 Å². The van der Waals surface area contributed by atoms with Crippen molar-refractivity contribution in [1.29, 1.82) is 0 Å². The summed E-state index contributed by atoms with van der Waals surface area (Å²) in [7, 11) is 0. The van der Waals surface area contributed by atoms with E-state index < -0.39 is 0 Å². The van der Waals surface area contributed by atoms with Crippen LogP contribution in [0.15, 0.2) is 24.3 Å². The van der Waals surface area contributed by atoms with E-state index in [0.717, 1.165) is 23.6 Å². The largest absolute Gasteiger partial charge is 0.426 e. The van der Waals surface area contributed by atoms with E-state index >= 15 is 0 Å². The van der Waals surface area contributed by atoms with Crippen molar-refractivity contribution in [1.82, 2.24) is 0 Å². The van der Waals surface area contributed by atoms with E-state index in [4.69, 9.17) is 4.74 Å². The molecule has 0 aromatic heterocycles. The maximum absolute atomic E-state index is 11.8. The Hall–Kier alpha value is -2.16. The maximum atomic E-state index is 11.8. The molecule has 0 aliphatic heterocycles. The molecule has 1 aliphatic rings. The second-order valence-electron chi connectivity index (χ2n) is 4.89. The van der Waals surface area contributed by atoms with Crippen molar-refractivity contribution in [2.24, 2.45) is 0 Å². The van der Waals surface area contributed by atoms with Crippen LogP contribution in [0, 0.1) is 0 Å². The highest BCUT2D eigenvalue weighted by molar-refractivity contribution is 6.11. The van der Waals surface area contributed by atoms with Crippen LogP contribution >= 0.6 is 0 Å². The smallest absolute Gasteiger partial charge is 0.308 e. The number of hydrogen-bond donors (Lipinski definition) is 0. The molecular formula is C16H14O3. The van der Waals surface area contributed by atoms with Crippen LogP contribution in [0.5, 0.6) is 5.75 Å². The van der Waals surface area contributed by atoms with Gasteiger partial charge in [-0.15, -0.1) is 0 Å². The zero-order valence-corrected chi connectivity index (χ0v) is 10.9. The van der Waals surface area contributed by atoms with E-state index in [1.54, 1.807) is 6.07 Å². The predicted molar refractivity (Wildman–Crippen MR) is 72.7 cm³/mol. The fraction of sp³-hybridized carbons (Fsp3) is 0.250. The topological polar surface area (TPSA) is 43.4 Å². The second-order valence-corrected chi connectivity index (χ2v) is 4.89. The van der Waals surface area contributed by atoms with Gasteiger partial charge in [0.25, 0.3) is 0 Å². The summed E-state index contributed by atoms with van der Waals surface area (Å²) in [5, 5.41) is 1.88. The van der Waals surface area contributed by atoms with E-state index in [9.17, 15) is 9.59 Å². The number of ether oxygens (including phenoxy) is 1. The van der Waals surface area contributed by atoms with Gasteiger partial charge in [-0.3, -0.25) is 9.59 Å². The van der Waals surface area contributed by atoms with Gasteiger partial charge in [-0.05, 0) is 42.3 Å². The molecule has 96 valence electrons. The Kier molecular flexibility index (Phi) is 2.63. The van der Waals surface area contributed by atoms with E-state index in [1.165, 1.54) is 25.0 Å². The molecule has 0 unspecified atom stereocenters. The lowest BCUT2D eigenvalue weighted by atomic mass is 9.97. The number of aryl methyl sites for hydroxylation is 2. The first kappa shape index (κ1) is 11.9. The minimum Gasteiger partial charge on any atom is -0.426 e. The number of rotatable bonds is 2. The molecule has 0 fully saturated rings. The molecule has 19 heavy (non-hydrogen) atoms. The van der Waals surface area contributed by atoms with Crippen LogP contribution in [0.4, 0.5) is 0 Å². The van der Waals surface area contributed by atoms with E-state index in [2.05, 4.69) is 0 Å². The van der Waals surface area contributed by atoms with Gasteiger partial charge in [-0.25, -0.2) is 0 Å². The summed E-state index contributed by atoms with van der Waals surface area (Å²) in [5.41, 5.74) is 3.08.